The van der Waals surface area contributed by atoms with Gasteiger partial charge in [0.25, 0.3) is 0 Å². The number of hydrogen-bond donors (Lipinski definition) is 1. The molecule has 0 bridgehead atoms. The van der Waals surface area contributed by atoms with E-state index in [9.17, 15) is 4.79 Å². The van der Waals surface area contributed by atoms with Crippen molar-refractivity contribution in [3.05, 3.63) is 75.0 Å². The van der Waals surface area contributed by atoms with Gasteiger partial charge < -0.3 is 10.6 Å². The number of aryl methyl sites for hydroxylation is 1. The maximum atomic E-state index is 13.5. The van der Waals surface area contributed by atoms with Crippen molar-refractivity contribution in [1.82, 2.24) is 9.78 Å². The third kappa shape index (κ3) is 3.22. The number of halogens is 2. The van der Waals surface area contributed by atoms with E-state index in [0.717, 1.165) is 33.9 Å². The Morgan fingerprint density at radius 3 is 2.53 bits per heavy atom. The SMILES string of the molecule is Cc1nn(-c2ccc(Cl)cc2Cl)c(C)c1CC(=O)N1c2ccccc2C(N)C1(C)C. The van der Waals surface area contributed by atoms with Gasteiger partial charge in [0.15, 0.2) is 0 Å². The Balaban J connectivity index is 1.70. The topological polar surface area (TPSA) is 64.2 Å². The molecule has 1 aromatic heterocycles. The van der Waals surface area contributed by atoms with Crippen LogP contribution in [0.2, 0.25) is 10.0 Å². The van der Waals surface area contributed by atoms with E-state index in [1.165, 1.54) is 0 Å². The van der Waals surface area contributed by atoms with Gasteiger partial charge in [-0.25, -0.2) is 4.68 Å². The van der Waals surface area contributed by atoms with E-state index in [-0.39, 0.29) is 18.4 Å². The molecule has 156 valence electrons. The zero-order valence-corrected chi connectivity index (χ0v) is 18.9. The van der Waals surface area contributed by atoms with Crippen molar-refractivity contribution in [2.24, 2.45) is 5.73 Å². The van der Waals surface area contributed by atoms with Gasteiger partial charge in [0.1, 0.15) is 0 Å². The van der Waals surface area contributed by atoms with E-state index >= 15 is 0 Å². The Bertz CT molecular complexity index is 1150. The largest absolute Gasteiger partial charge is 0.322 e. The molecule has 2 aromatic carbocycles. The minimum Gasteiger partial charge on any atom is -0.322 e. The van der Waals surface area contributed by atoms with E-state index in [0.29, 0.717) is 10.0 Å². The van der Waals surface area contributed by atoms with Crippen molar-refractivity contribution in [1.29, 1.82) is 0 Å². The molecule has 5 nitrogen and oxygen atoms in total. The maximum Gasteiger partial charge on any atom is 0.232 e. The molecule has 30 heavy (non-hydrogen) atoms. The summed E-state index contributed by atoms with van der Waals surface area (Å²) in [5.74, 6) is -0.00615. The van der Waals surface area contributed by atoms with Gasteiger partial charge in [-0.2, -0.15) is 5.10 Å². The number of aromatic nitrogens is 2. The number of nitrogens with two attached hydrogens (primary N) is 1. The molecule has 1 unspecified atom stereocenters. The molecule has 7 heteroatoms. The predicted molar refractivity (Wildman–Crippen MR) is 122 cm³/mol. The van der Waals surface area contributed by atoms with Gasteiger partial charge in [0, 0.05) is 22.0 Å². The third-order valence-corrected chi connectivity index (χ3v) is 6.54. The lowest BCUT2D eigenvalue weighted by Gasteiger charge is -2.35. The van der Waals surface area contributed by atoms with Gasteiger partial charge in [-0.3, -0.25) is 4.79 Å². The third-order valence-electron chi connectivity index (χ3n) is 6.01. The molecule has 0 fully saturated rings. The lowest BCUT2D eigenvalue weighted by Crippen LogP contribution is -2.50. The highest BCUT2D eigenvalue weighted by Gasteiger charge is 2.45. The van der Waals surface area contributed by atoms with Crippen LogP contribution in [0, 0.1) is 13.8 Å². The number of nitrogens with zero attached hydrogens (tertiary/aromatic N) is 3. The minimum atomic E-state index is -0.516. The van der Waals surface area contributed by atoms with Crippen molar-refractivity contribution in [3.63, 3.8) is 0 Å². The van der Waals surface area contributed by atoms with Gasteiger partial charge in [-0.1, -0.05) is 41.4 Å². The fourth-order valence-electron chi connectivity index (χ4n) is 4.29. The molecule has 1 atom stereocenters. The Hall–Kier alpha value is -2.34. The summed E-state index contributed by atoms with van der Waals surface area (Å²) in [5, 5.41) is 5.71. The van der Waals surface area contributed by atoms with E-state index in [1.807, 2.05) is 62.9 Å². The van der Waals surface area contributed by atoms with Crippen LogP contribution >= 0.6 is 23.2 Å². The highest BCUT2D eigenvalue weighted by atomic mass is 35.5. The van der Waals surface area contributed by atoms with Crippen molar-refractivity contribution >= 4 is 34.8 Å². The molecule has 0 saturated carbocycles. The van der Waals surface area contributed by atoms with Gasteiger partial charge in [0.05, 0.1) is 34.4 Å². The van der Waals surface area contributed by atoms with E-state index in [1.54, 1.807) is 16.8 Å². The smallest absolute Gasteiger partial charge is 0.232 e. The first-order chi connectivity index (χ1) is 14.1. The normalized spacial score (nSPS) is 17.3. The monoisotopic (exact) mass is 442 g/mol. The molecular formula is C23H24Cl2N4O. The lowest BCUT2D eigenvalue weighted by molar-refractivity contribution is -0.119. The number of rotatable bonds is 3. The minimum absolute atomic E-state index is 0.00615. The molecule has 0 spiro atoms. The van der Waals surface area contributed by atoms with Crippen LogP contribution in [0.4, 0.5) is 5.69 Å². The van der Waals surface area contributed by atoms with Crippen LogP contribution in [0.1, 0.15) is 42.4 Å². The zero-order chi connectivity index (χ0) is 21.8. The molecule has 1 aliphatic heterocycles. The highest BCUT2D eigenvalue weighted by molar-refractivity contribution is 6.35. The fraction of sp³-hybridized carbons (Fsp3) is 0.304. The molecule has 4 rings (SSSR count). The Morgan fingerprint density at radius 2 is 1.83 bits per heavy atom. The molecule has 0 radical (unpaired) electrons. The van der Waals surface area contributed by atoms with E-state index in [2.05, 4.69) is 5.10 Å². The second kappa shape index (κ2) is 7.41. The number of benzene rings is 2. The van der Waals surface area contributed by atoms with Crippen LogP contribution in [0.3, 0.4) is 0 Å². The number of amides is 1. The summed E-state index contributed by atoms with van der Waals surface area (Å²) < 4.78 is 1.77. The summed E-state index contributed by atoms with van der Waals surface area (Å²) in [7, 11) is 0. The first kappa shape index (κ1) is 20.9. The summed E-state index contributed by atoms with van der Waals surface area (Å²) in [4.78, 5) is 15.3. The summed E-state index contributed by atoms with van der Waals surface area (Å²) in [6.07, 6.45) is 0.230. The summed E-state index contributed by atoms with van der Waals surface area (Å²) >= 11 is 12.4. The standard InChI is InChI=1S/C23H24Cl2N4O/c1-13-17(14(2)29(27-13)20-10-9-15(24)11-18(20)25)12-21(30)28-19-8-6-5-7-16(19)22(26)23(28,3)4/h5-11,22H,12,26H2,1-4H3. The molecule has 3 aromatic rings. The van der Waals surface area contributed by atoms with Crippen LogP contribution in [-0.2, 0) is 11.2 Å². The van der Waals surface area contributed by atoms with Crippen molar-refractivity contribution < 1.29 is 4.79 Å². The van der Waals surface area contributed by atoms with Crippen molar-refractivity contribution in [3.8, 4) is 5.69 Å². The molecule has 2 N–H and O–H groups in total. The Labute approximate surface area is 186 Å². The van der Waals surface area contributed by atoms with Crippen LogP contribution < -0.4 is 10.6 Å². The highest BCUT2D eigenvalue weighted by Crippen LogP contribution is 2.45. The first-order valence-electron chi connectivity index (χ1n) is 9.81. The number of carbonyl (C=O) groups excluding carboxylic acids is 1. The van der Waals surface area contributed by atoms with E-state index < -0.39 is 5.54 Å². The second-order valence-electron chi connectivity index (χ2n) is 8.25. The number of para-hydroxylation sites is 1. The number of fused-ring (bicyclic) bond motifs is 1. The van der Waals surface area contributed by atoms with Gasteiger partial charge >= 0.3 is 0 Å². The number of carbonyl (C=O) groups is 1. The van der Waals surface area contributed by atoms with Crippen molar-refractivity contribution in [2.45, 2.75) is 45.7 Å². The molecule has 0 saturated heterocycles. The summed E-state index contributed by atoms with van der Waals surface area (Å²) in [6, 6.07) is 12.9. The van der Waals surface area contributed by atoms with Gasteiger partial charge in [0.2, 0.25) is 5.91 Å². The van der Waals surface area contributed by atoms with Crippen molar-refractivity contribution in [2.75, 3.05) is 4.90 Å². The molecule has 0 aliphatic carbocycles. The molecule has 1 amide bonds. The van der Waals surface area contributed by atoms with Crippen LogP contribution in [0.25, 0.3) is 5.69 Å². The maximum absolute atomic E-state index is 13.5. The zero-order valence-electron chi connectivity index (χ0n) is 17.4. The number of anilines is 1. The quantitative estimate of drug-likeness (QED) is 0.608. The van der Waals surface area contributed by atoms with Gasteiger partial charge in [-0.05, 0) is 57.5 Å². The van der Waals surface area contributed by atoms with Gasteiger partial charge in [-0.15, -0.1) is 0 Å². The first-order valence-corrected chi connectivity index (χ1v) is 10.6. The average Bonchev–Trinajstić information content (AvgIpc) is 3.07. The fourth-order valence-corrected chi connectivity index (χ4v) is 4.78. The average molecular weight is 443 g/mol. The molecule has 2 heterocycles. The lowest BCUT2D eigenvalue weighted by atomic mass is 9.93. The summed E-state index contributed by atoms with van der Waals surface area (Å²) in [5.41, 5.74) is 11.1. The molecular weight excluding hydrogens is 419 g/mol. The Kier molecular flexibility index (Phi) is 5.17. The Morgan fingerprint density at radius 1 is 1.13 bits per heavy atom. The second-order valence-corrected chi connectivity index (χ2v) is 9.10. The van der Waals surface area contributed by atoms with Crippen LogP contribution in [0.15, 0.2) is 42.5 Å². The predicted octanol–water partition coefficient (Wildman–Crippen LogP) is 5.16. The molecule has 1 aliphatic rings. The van der Waals surface area contributed by atoms with E-state index in [4.69, 9.17) is 28.9 Å². The van der Waals surface area contributed by atoms with Crippen LogP contribution in [-0.4, -0.2) is 21.2 Å². The summed E-state index contributed by atoms with van der Waals surface area (Å²) in [6.45, 7) is 7.87. The number of hydrogen-bond acceptors (Lipinski definition) is 3. The van der Waals surface area contributed by atoms with Crippen LogP contribution in [0.5, 0.6) is 0 Å².